The lowest BCUT2D eigenvalue weighted by Gasteiger charge is -2.35. The molecule has 2 unspecified atom stereocenters. The van der Waals surface area contributed by atoms with Gasteiger partial charge in [-0.15, -0.1) is 0 Å². The van der Waals surface area contributed by atoms with Crippen molar-refractivity contribution < 1.29 is 13.2 Å². The van der Waals surface area contributed by atoms with Crippen molar-refractivity contribution in [3.05, 3.63) is 29.3 Å². The maximum absolute atomic E-state index is 13.6. The molecule has 1 aromatic carbocycles. The average Bonchev–Trinajstić information content (AvgIpc) is 3.10. The molecule has 5 nitrogen and oxygen atoms in total. The summed E-state index contributed by atoms with van der Waals surface area (Å²) in [6, 6.07) is 5.44. The van der Waals surface area contributed by atoms with E-state index in [4.69, 9.17) is 0 Å². The molecule has 0 aromatic heterocycles. The van der Waals surface area contributed by atoms with Crippen LogP contribution in [0.4, 0.5) is 0 Å². The van der Waals surface area contributed by atoms with Crippen molar-refractivity contribution in [2.45, 2.75) is 68.6 Å². The molecule has 1 saturated carbocycles. The Balaban J connectivity index is 1.96. The van der Waals surface area contributed by atoms with Crippen molar-refractivity contribution in [1.82, 2.24) is 10.6 Å². The zero-order valence-electron chi connectivity index (χ0n) is 16.0. The summed E-state index contributed by atoms with van der Waals surface area (Å²) < 4.78 is 25.9. The van der Waals surface area contributed by atoms with Gasteiger partial charge in [0.15, 0.2) is 14.6 Å². The highest BCUT2D eigenvalue weighted by Crippen LogP contribution is 2.42. The highest BCUT2D eigenvalue weighted by molar-refractivity contribution is 7.93. The molecule has 2 atom stereocenters. The topological polar surface area (TPSA) is 75.3 Å². The van der Waals surface area contributed by atoms with Crippen LogP contribution >= 0.6 is 0 Å². The smallest absolute Gasteiger partial charge is 0.242 e. The Hall–Kier alpha value is -1.40. The number of carbonyl (C=O) groups excluding carboxylic acids is 1. The minimum atomic E-state index is -3.75. The molecule has 3 rings (SSSR count). The van der Waals surface area contributed by atoms with Crippen LogP contribution < -0.4 is 10.6 Å². The molecular formula is C20H30N2O3S. The third-order valence-corrected chi connectivity index (χ3v) is 8.76. The molecular weight excluding hydrogens is 348 g/mol. The van der Waals surface area contributed by atoms with Crippen molar-refractivity contribution in [3.63, 3.8) is 0 Å². The van der Waals surface area contributed by atoms with E-state index >= 15 is 0 Å². The number of rotatable bonds is 4. The Morgan fingerprint density at radius 2 is 1.92 bits per heavy atom. The summed E-state index contributed by atoms with van der Waals surface area (Å²) in [5, 5.41) is 6.38. The van der Waals surface area contributed by atoms with Gasteiger partial charge < -0.3 is 10.6 Å². The number of carbonyl (C=O) groups is 1. The maximum Gasteiger partial charge on any atom is 0.242 e. The molecule has 2 N–H and O–H groups in total. The third-order valence-electron chi connectivity index (χ3n) is 6.12. The molecule has 1 saturated heterocycles. The first-order valence-corrected chi connectivity index (χ1v) is 11.1. The fraction of sp³-hybridized carbons (Fsp3) is 0.650. The molecule has 1 aliphatic heterocycles. The molecule has 0 spiro atoms. The monoisotopic (exact) mass is 378 g/mol. The van der Waals surface area contributed by atoms with Crippen LogP contribution in [0.5, 0.6) is 0 Å². The van der Waals surface area contributed by atoms with Crippen molar-refractivity contribution in [2.24, 2.45) is 5.92 Å². The van der Waals surface area contributed by atoms with Gasteiger partial charge in [0, 0.05) is 12.6 Å². The summed E-state index contributed by atoms with van der Waals surface area (Å²) in [6.07, 6.45) is 3.35. The predicted molar refractivity (Wildman–Crippen MR) is 103 cm³/mol. The lowest BCUT2D eigenvalue weighted by atomic mass is 9.94. The second-order valence-corrected chi connectivity index (χ2v) is 10.3. The van der Waals surface area contributed by atoms with E-state index in [1.54, 1.807) is 13.0 Å². The first-order chi connectivity index (χ1) is 12.3. The number of aryl methyl sites for hydroxylation is 2. The van der Waals surface area contributed by atoms with Gasteiger partial charge in [-0.1, -0.05) is 31.9 Å². The molecule has 1 amide bonds. The molecule has 1 aliphatic carbocycles. The third kappa shape index (κ3) is 3.29. The predicted octanol–water partition coefficient (Wildman–Crippen LogP) is 2.50. The van der Waals surface area contributed by atoms with Crippen LogP contribution in [0.2, 0.25) is 0 Å². The van der Waals surface area contributed by atoms with Crippen molar-refractivity contribution >= 4 is 15.7 Å². The second-order valence-electron chi connectivity index (χ2n) is 8.02. The van der Waals surface area contributed by atoms with Gasteiger partial charge >= 0.3 is 0 Å². The lowest BCUT2D eigenvalue weighted by molar-refractivity contribution is -0.124. The number of benzene rings is 1. The van der Waals surface area contributed by atoms with Gasteiger partial charge in [-0.05, 0) is 62.8 Å². The Kier molecular flexibility index (Phi) is 5.45. The molecule has 0 bridgehead atoms. The molecule has 6 heteroatoms. The van der Waals surface area contributed by atoms with Gasteiger partial charge in [-0.25, -0.2) is 8.42 Å². The second kappa shape index (κ2) is 7.31. The van der Waals surface area contributed by atoms with E-state index < -0.39 is 14.6 Å². The number of nitrogens with one attached hydrogen (secondary N) is 2. The van der Waals surface area contributed by atoms with Crippen molar-refractivity contribution in [1.29, 1.82) is 0 Å². The van der Waals surface area contributed by atoms with E-state index in [9.17, 15) is 13.2 Å². The van der Waals surface area contributed by atoms with Gasteiger partial charge in [0.25, 0.3) is 0 Å². The zero-order chi connectivity index (χ0) is 18.9. The van der Waals surface area contributed by atoms with Gasteiger partial charge in [-0.2, -0.15) is 0 Å². The summed E-state index contributed by atoms with van der Waals surface area (Å²) in [5.74, 6) is 0.0403. The SMILES string of the molecule is Cc1ccc(C)c(S(=O)(=O)C2(C(=O)NC3CNCCC3C)CCCC2)c1. The molecule has 144 valence electrons. The zero-order valence-corrected chi connectivity index (χ0v) is 16.8. The Morgan fingerprint density at radius 1 is 1.23 bits per heavy atom. The standard InChI is InChI=1S/C20H30N2O3S/c1-14-6-7-16(3)18(12-14)26(24,25)20(9-4-5-10-20)19(23)22-17-13-21-11-8-15(17)2/h6-7,12,15,17,21H,4-5,8-11,13H2,1-3H3,(H,22,23). The van der Waals surface area contributed by atoms with E-state index in [0.29, 0.717) is 35.8 Å². The van der Waals surface area contributed by atoms with E-state index in [-0.39, 0.29) is 11.9 Å². The summed E-state index contributed by atoms with van der Waals surface area (Å²) in [4.78, 5) is 13.6. The molecule has 1 aromatic rings. The van der Waals surface area contributed by atoms with Crippen molar-refractivity contribution in [3.8, 4) is 0 Å². The fourth-order valence-corrected chi connectivity index (χ4v) is 6.64. The van der Waals surface area contributed by atoms with Gasteiger partial charge in [0.1, 0.15) is 0 Å². The Morgan fingerprint density at radius 3 is 2.58 bits per heavy atom. The number of hydrogen-bond acceptors (Lipinski definition) is 4. The molecule has 0 radical (unpaired) electrons. The Bertz CT molecular complexity index is 782. The van der Waals surface area contributed by atoms with Gasteiger partial charge in [0.05, 0.1) is 4.90 Å². The number of sulfone groups is 1. The Labute approximate surface area is 156 Å². The maximum atomic E-state index is 13.6. The molecule has 1 heterocycles. The van der Waals surface area contributed by atoms with E-state index in [1.165, 1.54) is 0 Å². The lowest BCUT2D eigenvalue weighted by Crippen LogP contribution is -2.58. The number of piperidine rings is 1. The summed E-state index contributed by atoms with van der Waals surface area (Å²) in [7, 11) is -3.75. The quantitative estimate of drug-likeness (QED) is 0.844. The van der Waals surface area contributed by atoms with Crippen LogP contribution in [0.3, 0.4) is 0 Å². The van der Waals surface area contributed by atoms with Crippen LogP contribution in [0.25, 0.3) is 0 Å². The summed E-state index contributed by atoms with van der Waals surface area (Å²) in [6.45, 7) is 7.45. The highest BCUT2D eigenvalue weighted by Gasteiger charge is 2.53. The highest BCUT2D eigenvalue weighted by atomic mass is 32.2. The number of hydrogen-bond donors (Lipinski definition) is 2. The minimum Gasteiger partial charge on any atom is -0.350 e. The summed E-state index contributed by atoms with van der Waals surface area (Å²) in [5.41, 5.74) is 1.61. The fourth-order valence-electron chi connectivity index (χ4n) is 4.25. The van der Waals surface area contributed by atoms with Gasteiger partial charge in [0.2, 0.25) is 5.91 Å². The van der Waals surface area contributed by atoms with Gasteiger partial charge in [-0.3, -0.25) is 4.79 Å². The first-order valence-electron chi connectivity index (χ1n) is 9.61. The minimum absolute atomic E-state index is 0.0115. The van der Waals surface area contributed by atoms with E-state index in [0.717, 1.165) is 31.4 Å². The molecule has 2 aliphatic rings. The van der Waals surface area contributed by atoms with E-state index in [2.05, 4.69) is 17.6 Å². The summed E-state index contributed by atoms with van der Waals surface area (Å²) >= 11 is 0. The van der Waals surface area contributed by atoms with Crippen LogP contribution in [-0.2, 0) is 14.6 Å². The largest absolute Gasteiger partial charge is 0.350 e. The number of amides is 1. The van der Waals surface area contributed by atoms with Crippen LogP contribution in [0, 0.1) is 19.8 Å². The van der Waals surface area contributed by atoms with Crippen LogP contribution in [0.15, 0.2) is 23.1 Å². The normalized spacial score (nSPS) is 25.8. The molecule has 26 heavy (non-hydrogen) atoms. The van der Waals surface area contributed by atoms with Crippen LogP contribution in [0.1, 0.15) is 50.2 Å². The average molecular weight is 379 g/mol. The van der Waals surface area contributed by atoms with E-state index in [1.807, 2.05) is 19.1 Å². The molecule has 2 fully saturated rings. The first kappa shape index (κ1) is 19.4. The van der Waals surface area contributed by atoms with Crippen LogP contribution in [-0.4, -0.2) is 38.2 Å². The van der Waals surface area contributed by atoms with Crippen molar-refractivity contribution in [2.75, 3.05) is 13.1 Å².